The van der Waals surface area contributed by atoms with Gasteiger partial charge in [0.25, 0.3) is 0 Å². The largest absolute Gasteiger partial charge is 0.472 e. The highest BCUT2D eigenvalue weighted by Crippen LogP contribution is 2.45. The average Bonchev–Trinajstić information content (AvgIpc) is 0.893. The fourth-order valence-corrected chi connectivity index (χ4v) is 16.0. The Hall–Kier alpha value is -1.94. The van der Waals surface area contributed by atoms with Crippen molar-refractivity contribution in [3.63, 3.8) is 0 Å². The topological polar surface area (TPSA) is 237 Å². The number of unbranched alkanes of at least 4 members (excludes halogenated alkanes) is 58. The van der Waals surface area contributed by atoms with Gasteiger partial charge in [-0.05, 0) is 43.4 Å². The van der Waals surface area contributed by atoms with Gasteiger partial charge in [-0.15, -0.1) is 0 Å². The second-order valence-electron chi connectivity index (χ2n) is 34.5. The number of aliphatic hydroxyl groups excluding tert-OH is 1. The summed E-state index contributed by atoms with van der Waals surface area (Å²) in [4.78, 5) is 73.4. The van der Waals surface area contributed by atoms with Gasteiger partial charge in [0.15, 0.2) is 12.2 Å². The first-order valence-corrected chi connectivity index (χ1v) is 50.3. The smallest absolute Gasteiger partial charge is 0.462 e. The number of esters is 4. The molecule has 0 aliphatic rings. The molecule has 0 saturated heterocycles. The summed E-state index contributed by atoms with van der Waals surface area (Å²) >= 11 is 0. The van der Waals surface area contributed by atoms with Crippen LogP contribution in [0.15, 0.2) is 0 Å². The molecule has 0 fully saturated rings. The summed E-state index contributed by atoms with van der Waals surface area (Å²) in [5.41, 5.74) is 0. The molecule has 0 aliphatic heterocycles. The van der Waals surface area contributed by atoms with Crippen LogP contribution in [-0.2, 0) is 65.4 Å². The lowest BCUT2D eigenvalue weighted by atomic mass is 10.0. The van der Waals surface area contributed by atoms with Crippen molar-refractivity contribution in [1.82, 2.24) is 0 Å². The lowest BCUT2D eigenvalue weighted by Gasteiger charge is -2.21. The first kappa shape index (κ1) is 109. The van der Waals surface area contributed by atoms with Gasteiger partial charge in [0.2, 0.25) is 0 Å². The Balaban J connectivity index is 5.24. The van der Waals surface area contributed by atoms with Gasteiger partial charge < -0.3 is 33.8 Å². The lowest BCUT2D eigenvalue weighted by Crippen LogP contribution is -2.30. The van der Waals surface area contributed by atoms with Crippen molar-refractivity contribution in [3.05, 3.63) is 0 Å². The molecular weight excluding hydrogens is 1440 g/mol. The number of hydrogen-bond acceptors (Lipinski definition) is 15. The summed E-state index contributed by atoms with van der Waals surface area (Å²) in [5, 5.41) is 10.7. The predicted molar refractivity (Wildman–Crippen MR) is 460 cm³/mol. The van der Waals surface area contributed by atoms with E-state index in [0.29, 0.717) is 25.7 Å². The lowest BCUT2D eigenvalue weighted by molar-refractivity contribution is -0.161. The van der Waals surface area contributed by atoms with Gasteiger partial charge in [-0.3, -0.25) is 37.3 Å². The molecule has 0 aromatic rings. The molecule has 0 aromatic carbocycles. The van der Waals surface area contributed by atoms with Crippen LogP contribution in [0.4, 0.5) is 0 Å². The van der Waals surface area contributed by atoms with E-state index in [1.807, 2.05) is 0 Å². The van der Waals surface area contributed by atoms with Gasteiger partial charge in [-0.1, -0.05) is 440 Å². The zero-order valence-electron chi connectivity index (χ0n) is 73.4. The van der Waals surface area contributed by atoms with Crippen LogP contribution in [0.3, 0.4) is 0 Å². The molecule has 0 radical (unpaired) electrons. The Bertz CT molecular complexity index is 2130. The summed E-state index contributed by atoms with van der Waals surface area (Å²) in [6, 6.07) is 0. The maximum absolute atomic E-state index is 13.2. The van der Waals surface area contributed by atoms with Gasteiger partial charge in [0, 0.05) is 25.7 Å². The minimum Gasteiger partial charge on any atom is -0.462 e. The van der Waals surface area contributed by atoms with Gasteiger partial charge in [-0.2, -0.15) is 0 Å². The molecular formula is C92H180O17P2. The van der Waals surface area contributed by atoms with Crippen molar-refractivity contribution in [2.75, 3.05) is 39.6 Å². The van der Waals surface area contributed by atoms with E-state index in [1.54, 1.807) is 0 Å². The summed E-state index contributed by atoms with van der Waals surface area (Å²) in [6.45, 7) is 12.0. The third-order valence-corrected chi connectivity index (χ3v) is 23.5. The molecule has 0 aromatic heterocycles. The molecule has 111 heavy (non-hydrogen) atoms. The van der Waals surface area contributed by atoms with Gasteiger partial charge >= 0.3 is 39.5 Å². The second-order valence-corrected chi connectivity index (χ2v) is 37.4. The molecule has 0 bridgehead atoms. The van der Waals surface area contributed by atoms with E-state index in [9.17, 15) is 43.2 Å². The number of aliphatic hydroxyl groups is 1. The van der Waals surface area contributed by atoms with Crippen LogP contribution in [0.1, 0.15) is 492 Å². The third kappa shape index (κ3) is 85.8. The first-order chi connectivity index (χ1) is 53.7. The molecule has 0 aliphatic carbocycles. The van der Waals surface area contributed by atoms with E-state index in [-0.39, 0.29) is 25.7 Å². The van der Waals surface area contributed by atoms with Crippen molar-refractivity contribution in [2.24, 2.45) is 17.8 Å². The fraction of sp³-hybridized carbons (Fsp3) is 0.957. The number of carbonyl (C=O) groups excluding carboxylic acids is 4. The predicted octanol–water partition coefficient (Wildman–Crippen LogP) is 28.4. The Morgan fingerprint density at radius 1 is 0.243 bits per heavy atom. The SMILES string of the molecule is CCCCCCCCCCCCCCCCCCCCCCCCC(=O)O[C@H](COC(=O)CCCCCCCCCCCCCCCCCCCCC(C)C)COP(=O)(O)OC[C@@H](O)COP(=O)(O)OC[C@@H](COC(=O)CCCCCCCCCCCC(C)C)OC(=O)CCCCCCCCCCCCCCCC(C)C. The number of ether oxygens (including phenoxy) is 4. The van der Waals surface area contributed by atoms with Crippen molar-refractivity contribution >= 4 is 39.5 Å². The van der Waals surface area contributed by atoms with Crippen LogP contribution in [0, 0.1) is 17.8 Å². The highest BCUT2D eigenvalue weighted by Gasteiger charge is 2.31. The minimum atomic E-state index is -4.97. The molecule has 17 nitrogen and oxygen atoms in total. The van der Waals surface area contributed by atoms with E-state index in [1.165, 1.54) is 302 Å². The Labute approximate surface area is 683 Å². The number of rotatable bonds is 90. The van der Waals surface area contributed by atoms with Crippen molar-refractivity contribution in [3.8, 4) is 0 Å². The Morgan fingerprint density at radius 3 is 0.613 bits per heavy atom. The quantitative estimate of drug-likeness (QED) is 0.0222. The van der Waals surface area contributed by atoms with E-state index in [4.69, 9.17) is 37.0 Å². The van der Waals surface area contributed by atoms with Crippen molar-refractivity contribution in [1.29, 1.82) is 0 Å². The zero-order valence-corrected chi connectivity index (χ0v) is 75.2. The summed E-state index contributed by atoms with van der Waals surface area (Å²) < 4.78 is 69.1. The number of phosphoric acid groups is 2. The number of carbonyl (C=O) groups is 4. The number of hydrogen-bond donors (Lipinski definition) is 3. The molecule has 0 spiro atoms. The van der Waals surface area contributed by atoms with E-state index in [2.05, 4.69) is 48.5 Å². The summed E-state index contributed by atoms with van der Waals surface area (Å²) in [6.07, 6.45) is 75.2. The fourth-order valence-electron chi connectivity index (χ4n) is 14.4. The third-order valence-electron chi connectivity index (χ3n) is 21.6. The summed E-state index contributed by atoms with van der Waals surface area (Å²) in [7, 11) is -9.94. The van der Waals surface area contributed by atoms with Crippen LogP contribution in [0.5, 0.6) is 0 Å². The van der Waals surface area contributed by atoms with Crippen molar-refractivity contribution < 1.29 is 80.2 Å². The molecule has 19 heteroatoms. The second kappa shape index (κ2) is 81.8. The van der Waals surface area contributed by atoms with Crippen molar-refractivity contribution in [2.45, 2.75) is 510 Å². The first-order valence-electron chi connectivity index (χ1n) is 47.3. The molecule has 0 saturated carbocycles. The Kier molecular flexibility index (Phi) is 80.4. The molecule has 0 amide bonds. The highest BCUT2D eigenvalue weighted by molar-refractivity contribution is 7.47. The normalized spacial score (nSPS) is 13.8. The minimum absolute atomic E-state index is 0.107. The van der Waals surface area contributed by atoms with Crippen LogP contribution in [-0.4, -0.2) is 96.7 Å². The standard InChI is InChI=1S/C92H180O17P2/c1-8-9-10-11-12-13-14-15-16-17-18-19-20-21-26-29-34-39-46-54-61-68-75-91(96)108-87(79-102-89(94)73-66-59-52-45-38-33-28-25-23-22-24-27-31-36-42-49-56-63-70-83(2)3)81-106-110(98,99)104-77-86(93)78-105-111(100,101)107-82-88(80-103-90(95)74-67-60-53-48-41-44-51-58-65-72-85(6)7)109-92(97)76-69-62-55-47-40-35-30-32-37-43-50-57-64-71-84(4)5/h83-88,93H,8-82H2,1-7H3,(H,98,99)(H,100,101)/t86-,87-,88-/m1/s1. The van der Waals surface area contributed by atoms with E-state index in [0.717, 1.165) is 108 Å². The van der Waals surface area contributed by atoms with Gasteiger partial charge in [-0.25, -0.2) is 9.13 Å². The van der Waals surface area contributed by atoms with Crippen LogP contribution in [0.2, 0.25) is 0 Å². The van der Waals surface area contributed by atoms with Gasteiger partial charge in [0.1, 0.15) is 19.3 Å². The zero-order chi connectivity index (χ0) is 81.5. The summed E-state index contributed by atoms with van der Waals surface area (Å²) in [5.74, 6) is 0.255. The van der Waals surface area contributed by atoms with Crippen LogP contribution in [0.25, 0.3) is 0 Å². The molecule has 2 unspecified atom stereocenters. The maximum atomic E-state index is 13.2. The maximum Gasteiger partial charge on any atom is 0.472 e. The average molecular weight is 1620 g/mol. The van der Waals surface area contributed by atoms with Crippen LogP contribution >= 0.6 is 15.6 Å². The molecule has 5 atom stereocenters. The Morgan fingerprint density at radius 2 is 0.414 bits per heavy atom. The molecule has 3 N–H and O–H groups in total. The van der Waals surface area contributed by atoms with E-state index < -0.39 is 97.5 Å². The van der Waals surface area contributed by atoms with E-state index >= 15 is 0 Å². The highest BCUT2D eigenvalue weighted by atomic mass is 31.2. The molecule has 0 rings (SSSR count). The molecule has 660 valence electrons. The molecule has 0 heterocycles. The number of phosphoric ester groups is 2. The van der Waals surface area contributed by atoms with Gasteiger partial charge in [0.05, 0.1) is 26.4 Å². The van der Waals surface area contributed by atoms with Crippen LogP contribution < -0.4 is 0 Å². The monoisotopic (exact) mass is 1620 g/mol.